The fourth-order valence-electron chi connectivity index (χ4n) is 2.64. The first kappa shape index (κ1) is 17.2. The number of benzene rings is 1. The van der Waals surface area contributed by atoms with Gasteiger partial charge in [-0.25, -0.2) is 14.6 Å². The van der Waals surface area contributed by atoms with Gasteiger partial charge in [0.2, 0.25) is 0 Å². The molecule has 2 aromatic rings. The Morgan fingerprint density at radius 3 is 2.68 bits per heavy atom. The summed E-state index contributed by atoms with van der Waals surface area (Å²) in [5.74, 6) is -1.28. The molecule has 2 heterocycles. The fourth-order valence-corrected chi connectivity index (χ4v) is 2.87. The van der Waals surface area contributed by atoms with Crippen LogP contribution < -0.4 is 4.90 Å². The topological polar surface area (TPSA) is 78.0 Å². The third-order valence-electron chi connectivity index (χ3n) is 3.84. The lowest BCUT2D eigenvalue weighted by molar-refractivity contribution is -0.140. The van der Waals surface area contributed by atoms with Gasteiger partial charge in [-0.05, 0) is 29.7 Å². The molecular formula is C17H15ClN2O5. The number of hydrogen-bond acceptors (Lipinski definition) is 7. The van der Waals surface area contributed by atoms with E-state index in [0.717, 1.165) is 10.8 Å². The summed E-state index contributed by atoms with van der Waals surface area (Å²) in [5.41, 5.74) is 0.852. The van der Waals surface area contributed by atoms with Crippen LogP contribution in [0.3, 0.4) is 0 Å². The number of anilines is 1. The normalized spacial score (nSPS) is 14.6. The molecule has 0 aliphatic carbocycles. The van der Waals surface area contributed by atoms with Crippen molar-refractivity contribution >= 4 is 40.0 Å². The maximum Gasteiger partial charge on any atom is 0.355 e. The number of esters is 2. The Labute approximate surface area is 148 Å². The Bertz CT molecular complexity index is 880. The second-order valence-electron chi connectivity index (χ2n) is 5.22. The molecule has 0 saturated carbocycles. The number of hydrogen-bond donors (Lipinski definition) is 0. The second kappa shape index (κ2) is 7.08. The lowest BCUT2D eigenvalue weighted by Crippen LogP contribution is -2.38. The van der Waals surface area contributed by atoms with E-state index in [4.69, 9.17) is 25.8 Å². The summed E-state index contributed by atoms with van der Waals surface area (Å²) in [4.78, 5) is 29.9. The molecule has 0 fully saturated rings. The highest BCUT2D eigenvalue weighted by molar-refractivity contribution is 6.34. The molecule has 1 aliphatic heterocycles. The van der Waals surface area contributed by atoms with Crippen molar-refractivity contribution in [2.24, 2.45) is 0 Å². The van der Waals surface area contributed by atoms with Gasteiger partial charge in [-0.2, -0.15) is 0 Å². The Balaban J connectivity index is 2.13. The van der Waals surface area contributed by atoms with Crippen molar-refractivity contribution in [3.63, 3.8) is 0 Å². The summed E-state index contributed by atoms with van der Waals surface area (Å²) in [6.07, 6.45) is 1.60. The Hall–Kier alpha value is -2.64. The average molecular weight is 363 g/mol. The number of fused-ring (bicyclic) bond motifs is 1. The lowest BCUT2D eigenvalue weighted by Gasteiger charge is -2.31. The first-order chi connectivity index (χ1) is 12.1. The molecule has 130 valence electrons. The first-order valence-electron chi connectivity index (χ1n) is 7.36. The van der Waals surface area contributed by atoms with Gasteiger partial charge in [0.25, 0.3) is 0 Å². The van der Waals surface area contributed by atoms with E-state index in [0.29, 0.717) is 10.8 Å². The summed E-state index contributed by atoms with van der Waals surface area (Å²) >= 11 is 6.09. The number of methoxy groups -OCH3 is 2. The van der Waals surface area contributed by atoms with Crippen LogP contribution in [0.15, 0.2) is 41.7 Å². The fraction of sp³-hybridized carbons (Fsp3) is 0.235. The van der Waals surface area contributed by atoms with Crippen LogP contribution in [0, 0.1) is 0 Å². The molecule has 0 amide bonds. The zero-order chi connectivity index (χ0) is 18.0. The van der Waals surface area contributed by atoms with E-state index in [-0.39, 0.29) is 24.6 Å². The van der Waals surface area contributed by atoms with Crippen LogP contribution in [0.25, 0.3) is 10.8 Å². The lowest BCUT2D eigenvalue weighted by atomic mass is 10.1. The van der Waals surface area contributed by atoms with Crippen molar-refractivity contribution < 1.29 is 23.8 Å². The second-order valence-corrected chi connectivity index (χ2v) is 5.58. The summed E-state index contributed by atoms with van der Waals surface area (Å²) < 4.78 is 15.0. The van der Waals surface area contributed by atoms with Crippen LogP contribution in [0.2, 0.25) is 5.15 Å². The van der Waals surface area contributed by atoms with Gasteiger partial charge in [-0.3, -0.25) is 0 Å². The highest BCUT2D eigenvalue weighted by atomic mass is 35.5. The van der Waals surface area contributed by atoms with Crippen LogP contribution in [0.5, 0.6) is 0 Å². The molecule has 8 heteroatoms. The predicted octanol–water partition coefficient (Wildman–Crippen LogP) is 2.28. The molecule has 0 bridgehead atoms. The first-order valence-corrected chi connectivity index (χ1v) is 7.74. The molecule has 0 saturated heterocycles. The van der Waals surface area contributed by atoms with Gasteiger partial charge in [0.1, 0.15) is 17.6 Å². The summed E-state index contributed by atoms with van der Waals surface area (Å²) in [6, 6.07) is 7.19. The van der Waals surface area contributed by atoms with E-state index in [1.165, 1.54) is 14.2 Å². The van der Waals surface area contributed by atoms with E-state index in [2.05, 4.69) is 4.98 Å². The van der Waals surface area contributed by atoms with Crippen LogP contribution in [-0.2, 0) is 23.8 Å². The van der Waals surface area contributed by atoms with Crippen molar-refractivity contribution in [3.8, 4) is 0 Å². The number of carbonyl (C=O) groups is 2. The van der Waals surface area contributed by atoms with Gasteiger partial charge in [-0.15, -0.1) is 0 Å². The SMILES string of the molecule is COC(=O)C1=C(C(=O)OC)N(c2ccc3c(Cl)nccc3c2)COC1. The monoisotopic (exact) mass is 362 g/mol. The standard InChI is InChI=1S/C17H15ClN2O5/c1-23-16(21)13-8-25-9-20(14(13)17(22)24-2)11-3-4-12-10(7-11)5-6-19-15(12)18/h3-7H,8-9H2,1-2H3. The number of aromatic nitrogens is 1. The van der Waals surface area contributed by atoms with Gasteiger partial charge in [0.05, 0.1) is 26.4 Å². The molecule has 0 N–H and O–H groups in total. The smallest absolute Gasteiger partial charge is 0.355 e. The van der Waals surface area contributed by atoms with Crippen molar-refractivity contribution in [2.75, 3.05) is 32.5 Å². The Morgan fingerprint density at radius 1 is 1.20 bits per heavy atom. The zero-order valence-electron chi connectivity index (χ0n) is 13.6. The largest absolute Gasteiger partial charge is 0.466 e. The number of rotatable bonds is 3. The maximum atomic E-state index is 12.3. The highest BCUT2D eigenvalue weighted by Crippen LogP contribution is 2.30. The number of ether oxygens (including phenoxy) is 3. The number of carbonyl (C=O) groups excluding carboxylic acids is 2. The molecule has 25 heavy (non-hydrogen) atoms. The highest BCUT2D eigenvalue weighted by Gasteiger charge is 2.32. The van der Waals surface area contributed by atoms with Gasteiger partial charge in [0.15, 0.2) is 0 Å². The predicted molar refractivity (Wildman–Crippen MR) is 91.1 cm³/mol. The number of pyridine rings is 1. The molecule has 0 atom stereocenters. The van der Waals surface area contributed by atoms with Gasteiger partial charge >= 0.3 is 11.9 Å². The maximum absolute atomic E-state index is 12.3. The van der Waals surface area contributed by atoms with Crippen molar-refractivity contribution in [1.82, 2.24) is 4.98 Å². The Kier molecular flexibility index (Phi) is 4.87. The molecule has 1 aromatic heterocycles. The summed E-state index contributed by atoms with van der Waals surface area (Å²) in [5, 5.41) is 2.01. The summed E-state index contributed by atoms with van der Waals surface area (Å²) in [7, 11) is 2.50. The van der Waals surface area contributed by atoms with Crippen LogP contribution in [-0.4, -0.2) is 44.5 Å². The van der Waals surface area contributed by atoms with Crippen molar-refractivity contribution in [3.05, 3.63) is 46.9 Å². The van der Waals surface area contributed by atoms with E-state index in [1.54, 1.807) is 29.3 Å². The minimum Gasteiger partial charge on any atom is -0.466 e. The van der Waals surface area contributed by atoms with E-state index in [9.17, 15) is 9.59 Å². The number of halogens is 1. The molecule has 0 spiro atoms. The van der Waals surface area contributed by atoms with Gasteiger partial charge in [0, 0.05) is 17.3 Å². The van der Waals surface area contributed by atoms with Crippen LogP contribution in [0.4, 0.5) is 5.69 Å². The molecule has 1 aromatic carbocycles. The third-order valence-corrected chi connectivity index (χ3v) is 4.15. The molecule has 0 radical (unpaired) electrons. The third kappa shape index (κ3) is 3.16. The van der Waals surface area contributed by atoms with Gasteiger partial charge < -0.3 is 19.1 Å². The molecule has 7 nitrogen and oxygen atoms in total. The number of nitrogens with zero attached hydrogens (tertiary/aromatic N) is 2. The molecule has 1 aliphatic rings. The average Bonchev–Trinajstić information content (AvgIpc) is 2.66. The summed E-state index contributed by atoms with van der Waals surface area (Å²) in [6.45, 7) is 0.0617. The van der Waals surface area contributed by atoms with Crippen molar-refractivity contribution in [1.29, 1.82) is 0 Å². The van der Waals surface area contributed by atoms with Crippen molar-refractivity contribution in [2.45, 2.75) is 0 Å². The van der Waals surface area contributed by atoms with Gasteiger partial charge in [-0.1, -0.05) is 11.6 Å². The molecular weight excluding hydrogens is 348 g/mol. The zero-order valence-corrected chi connectivity index (χ0v) is 14.4. The molecule has 0 unspecified atom stereocenters. The van der Waals surface area contributed by atoms with E-state index in [1.807, 2.05) is 6.07 Å². The molecule has 3 rings (SSSR count). The quantitative estimate of drug-likeness (QED) is 0.612. The minimum absolute atomic E-state index is 0.0308. The van der Waals surface area contributed by atoms with Crippen LogP contribution >= 0.6 is 11.6 Å². The van der Waals surface area contributed by atoms with E-state index >= 15 is 0 Å². The Morgan fingerprint density at radius 2 is 1.96 bits per heavy atom. The van der Waals surface area contributed by atoms with E-state index < -0.39 is 11.9 Å². The van der Waals surface area contributed by atoms with Crippen LogP contribution in [0.1, 0.15) is 0 Å². The minimum atomic E-state index is -0.642.